The Morgan fingerprint density at radius 1 is 1.20 bits per heavy atom. The molecule has 0 bridgehead atoms. The van der Waals surface area contributed by atoms with Gasteiger partial charge in [0.2, 0.25) is 0 Å². The second kappa shape index (κ2) is 6.55. The summed E-state index contributed by atoms with van der Waals surface area (Å²) < 4.78 is 5.49. The zero-order valence-corrected chi connectivity index (χ0v) is 11.8. The van der Waals surface area contributed by atoms with E-state index in [0.29, 0.717) is 21.9 Å². The van der Waals surface area contributed by atoms with Crippen molar-refractivity contribution in [2.24, 2.45) is 0 Å². The molecule has 0 spiro atoms. The fourth-order valence-electron chi connectivity index (χ4n) is 1.80. The van der Waals surface area contributed by atoms with E-state index >= 15 is 0 Å². The SMILES string of the molecule is CC(=O)c1ccc(OCC(O)c2ccccc2Cl)cc1. The fourth-order valence-corrected chi connectivity index (χ4v) is 2.06. The quantitative estimate of drug-likeness (QED) is 0.855. The number of ether oxygens (including phenoxy) is 1. The highest BCUT2D eigenvalue weighted by Gasteiger charge is 2.11. The summed E-state index contributed by atoms with van der Waals surface area (Å²) in [5, 5.41) is 10.6. The molecule has 104 valence electrons. The van der Waals surface area contributed by atoms with Gasteiger partial charge in [-0.05, 0) is 37.3 Å². The van der Waals surface area contributed by atoms with Gasteiger partial charge in [0.25, 0.3) is 0 Å². The van der Waals surface area contributed by atoms with Gasteiger partial charge in [-0.15, -0.1) is 0 Å². The predicted molar refractivity (Wildman–Crippen MR) is 78.4 cm³/mol. The van der Waals surface area contributed by atoms with Gasteiger partial charge in [-0.3, -0.25) is 4.79 Å². The van der Waals surface area contributed by atoms with Gasteiger partial charge < -0.3 is 9.84 Å². The Hall–Kier alpha value is -1.84. The van der Waals surface area contributed by atoms with E-state index in [1.807, 2.05) is 6.07 Å². The number of hydrogen-bond acceptors (Lipinski definition) is 3. The number of aliphatic hydroxyl groups excluding tert-OH is 1. The Balaban J connectivity index is 1.98. The zero-order chi connectivity index (χ0) is 14.5. The summed E-state index contributed by atoms with van der Waals surface area (Å²) in [5.41, 5.74) is 1.26. The van der Waals surface area contributed by atoms with E-state index in [-0.39, 0.29) is 12.4 Å². The number of rotatable bonds is 5. The molecule has 0 fully saturated rings. The molecule has 1 unspecified atom stereocenters. The maximum Gasteiger partial charge on any atom is 0.159 e. The van der Waals surface area contributed by atoms with Gasteiger partial charge in [-0.25, -0.2) is 0 Å². The van der Waals surface area contributed by atoms with Gasteiger partial charge in [0.1, 0.15) is 18.5 Å². The molecule has 2 rings (SSSR count). The summed E-state index contributed by atoms with van der Waals surface area (Å²) in [7, 11) is 0. The monoisotopic (exact) mass is 290 g/mol. The molecule has 1 atom stereocenters. The smallest absolute Gasteiger partial charge is 0.159 e. The van der Waals surface area contributed by atoms with Gasteiger partial charge >= 0.3 is 0 Å². The molecule has 0 radical (unpaired) electrons. The Labute approximate surface area is 122 Å². The van der Waals surface area contributed by atoms with Crippen LogP contribution in [0.3, 0.4) is 0 Å². The van der Waals surface area contributed by atoms with Crippen LogP contribution < -0.4 is 4.74 Å². The van der Waals surface area contributed by atoms with Gasteiger partial charge in [0.15, 0.2) is 5.78 Å². The molecule has 0 aliphatic heterocycles. The van der Waals surface area contributed by atoms with Crippen LogP contribution in [-0.2, 0) is 0 Å². The van der Waals surface area contributed by atoms with E-state index in [2.05, 4.69) is 0 Å². The molecule has 3 nitrogen and oxygen atoms in total. The van der Waals surface area contributed by atoms with Crippen LogP contribution in [0.15, 0.2) is 48.5 Å². The summed E-state index contributed by atoms with van der Waals surface area (Å²) in [6.07, 6.45) is -0.795. The number of halogens is 1. The topological polar surface area (TPSA) is 46.5 Å². The predicted octanol–water partition coefficient (Wildman–Crippen LogP) is 3.66. The fraction of sp³-hybridized carbons (Fsp3) is 0.188. The molecule has 1 N–H and O–H groups in total. The van der Waals surface area contributed by atoms with Gasteiger partial charge in [-0.1, -0.05) is 29.8 Å². The van der Waals surface area contributed by atoms with Gasteiger partial charge in [0.05, 0.1) is 0 Å². The summed E-state index contributed by atoms with van der Waals surface area (Å²) in [6.45, 7) is 1.61. The van der Waals surface area contributed by atoms with Crippen molar-refractivity contribution in [2.75, 3.05) is 6.61 Å². The highest BCUT2D eigenvalue weighted by molar-refractivity contribution is 6.31. The first-order valence-electron chi connectivity index (χ1n) is 6.24. The number of hydrogen-bond donors (Lipinski definition) is 1. The summed E-state index contributed by atoms with van der Waals surface area (Å²) in [5.74, 6) is 0.605. The minimum Gasteiger partial charge on any atom is -0.491 e. The van der Waals surface area contributed by atoms with Crippen molar-refractivity contribution in [3.8, 4) is 5.75 Å². The normalized spacial score (nSPS) is 11.9. The Morgan fingerprint density at radius 3 is 2.45 bits per heavy atom. The molecule has 0 saturated heterocycles. The summed E-state index contributed by atoms with van der Waals surface area (Å²) in [6, 6.07) is 13.9. The maximum absolute atomic E-state index is 11.1. The number of Topliss-reactive ketones (excluding diaryl/α,β-unsaturated/α-hetero) is 1. The largest absolute Gasteiger partial charge is 0.491 e. The third kappa shape index (κ3) is 3.59. The molecule has 0 amide bonds. The standard InChI is InChI=1S/C16H15ClO3/c1-11(18)12-6-8-13(9-7-12)20-10-16(19)14-4-2-3-5-15(14)17/h2-9,16,19H,10H2,1H3. The molecular weight excluding hydrogens is 276 g/mol. The van der Waals surface area contributed by atoms with E-state index in [1.54, 1.807) is 42.5 Å². The van der Waals surface area contributed by atoms with Crippen LogP contribution in [0.5, 0.6) is 5.75 Å². The van der Waals surface area contributed by atoms with E-state index < -0.39 is 6.10 Å². The molecule has 0 aliphatic carbocycles. The summed E-state index contributed by atoms with van der Waals surface area (Å²) >= 11 is 6.00. The summed E-state index contributed by atoms with van der Waals surface area (Å²) in [4.78, 5) is 11.1. The van der Waals surface area contributed by atoms with Crippen molar-refractivity contribution in [1.29, 1.82) is 0 Å². The van der Waals surface area contributed by atoms with Crippen molar-refractivity contribution in [3.63, 3.8) is 0 Å². The highest BCUT2D eigenvalue weighted by Crippen LogP contribution is 2.23. The lowest BCUT2D eigenvalue weighted by atomic mass is 10.1. The Morgan fingerprint density at radius 2 is 1.85 bits per heavy atom. The van der Waals surface area contributed by atoms with Crippen LogP contribution in [0.2, 0.25) is 5.02 Å². The van der Waals surface area contributed by atoms with Crippen LogP contribution in [0.1, 0.15) is 28.9 Å². The van der Waals surface area contributed by atoms with Crippen molar-refractivity contribution in [3.05, 3.63) is 64.7 Å². The van der Waals surface area contributed by atoms with E-state index in [9.17, 15) is 9.90 Å². The van der Waals surface area contributed by atoms with E-state index in [1.165, 1.54) is 6.92 Å². The van der Waals surface area contributed by atoms with Crippen molar-refractivity contribution < 1.29 is 14.6 Å². The number of aliphatic hydroxyl groups is 1. The average Bonchev–Trinajstić information content (AvgIpc) is 2.45. The first-order valence-corrected chi connectivity index (χ1v) is 6.62. The zero-order valence-electron chi connectivity index (χ0n) is 11.0. The molecule has 4 heteroatoms. The molecule has 2 aromatic rings. The molecule has 0 aliphatic rings. The number of ketones is 1. The van der Waals surface area contributed by atoms with Crippen molar-refractivity contribution in [2.45, 2.75) is 13.0 Å². The third-order valence-electron chi connectivity index (χ3n) is 2.93. The van der Waals surface area contributed by atoms with Crippen LogP contribution in [0.4, 0.5) is 0 Å². The Bertz CT molecular complexity index is 593. The minimum absolute atomic E-state index is 0.00709. The molecule has 2 aromatic carbocycles. The lowest BCUT2D eigenvalue weighted by molar-refractivity contribution is 0.101. The molecule has 0 aromatic heterocycles. The van der Waals surface area contributed by atoms with Crippen LogP contribution in [0.25, 0.3) is 0 Å². The second-order valence-corrected chi connectivity index (χ2v) is 4.84. The van der Waals surface area contributed by atoms with Crippen LogP contribution in [0, 0.1) is 0 Å². The Kier molecular flexibility index (Phi) is 4.77. The molecular formula is C16H15ClO3. The number of benzene rings is 2. The van der Waals surface area contributed by atoms with E-state index in [0.717, 1.165) is 0 Å². The molecule has 20 heavy (non-hydrogen) atoms. The first-order chi connectivity index (χ1) is 9.58. The van der Waals surface area contributed by atoms with Crippen molar-refractivity contribution in [1.82, 2.24) is 0 Å². The van der Waals surface area contributed by atoms with Crippen molar-refractivity contribution >= 4 is 17.4 Å². The number of carbonyl (C=O) groups excluding carboxylic acids is 1. The van der Waals surface area contributed by atoms with E-state index in [4.69, 9.17) is 16.3 Å². The lowest BCUT2D eigenvalue weighted by Gasteiger charge is -2.14. The van der Waals surface area contributed by atoms with Gasteiger partial charge in [0, 0.05) is 16.1 Å². The molecule has 0 saturated carbocycles. The maximum atomic E-state index is 11.1. The first kappa shape index (κ1) is 14.6. The number of carbonyl (C=O) groups is 1. The second-order valence-electron chi connectivity index (χ2n) is 4.43. The average molecular weight is 291 g/mol. The minimum atomic E-state index is -0.795. The van der Waals surface area contributed by atoms with Crippen LogP contribution >= 0.6 is 11.6 Å². The lowest BCUT2D eigenvalue weighted by Crippen LogP contribution is -2.10. The third-order valence-corrected chi connectivity index (χ3v) is 3.28. The molecule has 0 heterocycles. The van der Waals surface area contributed by atoms with Gasteiger partial charge in [-0.2, -0.15) is 0 Å². The van der Waals surface area contributed by atoms with Crippen LogP contribution in [-0.4, -0.2) is 17.5 Å². The highest BCUT2D eigenvalue weighted by atomic mass is 35.5.